The lowest BCUT2D eigenvalue weighted by Crippen LogP contribution is -2.38. The van der Waals surface area contributed by atoms with Crippen LogP contribution >= 0.6 is 11.6 Å². The number of aliphatic imine (C=N–C) groups is 3. The van der Waals surface area contributed by atoms with Crippen molar-refractivity contribution in [1.82, 2.24) is 5.32 Å². The fourth-order valence-corrected chi connectivity index (χ4v) is 4.32. The average molecular weight is 833 g/mol. The minimum atomic E-state index is -4.63. The first kappa shape index (κ1) is 49.6. The summed E-state index contributed by atoms with van der Waals surface area (Å²) in [6, 6.07) is 14.9. The van der Waals surface area contributed by atoms with Gasteiger partial charge in [0.2, 0.25) is 5.96 Å². The van der Waals surface area contributed by atoms with Crippen molar-refractivity contribution in [3.8, 4) is 0 Å². The molecule has 0 radical (unpaired) electrons. The molecule has 0 aromatic heterocycles. The van der Waals surface area contributed by atoms with Crippen LogP contribution in [0.4, 0.5) is 42.1 Å². The van der Waals surface area contributed by atoms with Crippen LogP contribution in [-0.4, -0.2) is 77.1 Å². The molecule has 4 rings (SSSR count). The molecule has 0 unspecified atom stereocenters. The Bertz CT molecular complexity index is 1810. The number of amides is 1. The zero-order valence-corrected chi connectivity index (χ0v) is 32.2. The zero-order valence-electron chi connectivity index (χ0n) is 31.4. The maximum Gasteiger partial charge on any atom is 0.422 e. The molecular formula is C37H44ClF7N8O4. The minimum absolute atomic E-state index is 0.139. The number of anilines is 2. The predicted molar refractivity (Wildman–Crippen MR) is 207 cm³/mol. The van der Waals surface area contributed by atoms with Gasteiger partial charge in [-0.1, -0.05) is 37.6 Å². The van der Waals surface area contributed by atoms with Crippen molar-refractivity contribution >= 4 is 60.2 Å². The number of hydrogen-bond acceptors (Lipinski definition) is 8. The van der Waals surface area contributed by atoms with Gasteiger partial charge < -0.3 is 32.2 Å². The third-order valence-electron chi connectivity index (χ3n) is 7.43. The van der Waals surface area contributed by atoms with E-state index in [-0.39, 0.29) is 41.7 Å². The van der Waals surface area contributed by atoms with E-state index in [4.69, 9.17) is 26.9 Å². The van der Waals surface area contributed by atoms with Crippen LogP contribution in [0.3, 0.4) is 0 Å². The summed E-state index contributed by atoms with van der Waals surface area (Å²) in [5.41, 5.74) is 9.87. The van der Waals surface area contributed by atoms with E-state index in [1.165, 1.54) is 31.3 Å². The Labute approximate surface area is 330 Å². The Morgan fingerprint density at radius 2 is 1.51 bits per heavy atom. The number of amidine groups is 1. The summed E-state index contributed by atoms with van der Waals surface area (Å²) >= 11 is 5.99. The first-order valence-corrected chi connectivity index (χ1v) is 17.1. The molecule has 1 amide bonds. The highest BCUT2D eigenvalue weighted by Crippen LogP contribution is 2.50. The van der Waals surface area contributed by atoms with Crippen LogP contribution in [0.2, 0.25) is 5.02 Å². The van der Waals surface area contributed by atoms with E-state index in [9.17, 15) is 35.5 Å². The van der Waals surface area contributed by atoms with Gasteiger partial charge in [-0.2, -0.15) is 31.3 Å². The van der Waals surface area contributed by atoms with Crippen LogP contribution < -0.4 is 27.4 Å². The third kappa shape index (κ3) is 17.9. The lowest BCUT2D eigenvalue weighted by Gasteiger charge is -2.22. The van der Waals surface area contributed by atoms with Gasteiger partial charge in [0, 0.05) is 30.0 Å². The van der Waals surface area contributed by atoms with Gasteiger partial charge in [0.1, 0.15) is 5.82 Å². The molecule has 0 aliphatic heterocycles. The van der Waals surface area contributed by atoms with Gasteiger partial charge in [-0.3, -0.25) is 14.4 Å². The summed E-state index contributed by atoms with van der Waals surface area (Å²) in [5, 5.41) is 8.71. The Kier molecular flexibility index (Phi) is 20.0. The number of nitrogens with zero attached hydrogens (tertiary/aromatic N) is 3. The lowest BCUT2D eigenvalue weighted by molar-refractivity contribution is -0.156. The van der Waals surface area contributed by atoms with Crippen molar-refractivity contribution in [3.05, 3.63) is 94.3 Å². The second kappa shape index (κ2) is 23.0. The molecule has 0 bridgehead atoms. The molecule has 1 saturated carbocycles. The number of ether oxygens (including phenoxy) is 1. The molecule has 1 fully saturated rings. The maximum absolute atomic E-state index is 14.9. The normalized spacial score (nSPS) is 13.4. The first-order chi connectivity index (χ1) is 26.7. The van der Waals surface area contributed by atoms with E-state index in [1.807, 2.05) is 13.8 Å². The highest BCUT2D eigenvalue weighted by atomic mass is 35.5. The number of aldehydes is 2. The first-order valence-electron chi connectivity index (χ1n) is 16.7. The molecule has 0 atom stereocenters. The Balaban J connectivity index is 0.000000746. The average Bonchev–Trinajstić information content (AvgIpc) is 3.96. The number of rotatable bonds is 10. The molecule has 1 aliphatic rings. The quantitative estimate of drug-likeness (QED) is 0.0476. The highest BCUT2D eigenvalue weighted by molar-refractivity contribution is 6.30. The molecule has 0 saturated heterocycles. The molecule has 3 aromatic carbocycles. The number of hydrogen-bond donors (Lipinski definition) is 5. The van der Waals surface area contributed by atoms with E-state index in [1.54, 1.807) is 31.3 Å². The Morgan fingerprint density at radius 1 is 0.947 bits per heavy atom. The van der Waals surface area contributed by atoms with E-state index < -0.39 is 47.8 Å². The van der Waals surface area contributed by atoms with Crippen molar-refractivity contribution in [2.24, 2.45) is 31.9 Å². The van der Waals surface area contributed by atoms with Crippen molar-refractivity contribution < 1.29 is 49.9 Å². The van der Waals surface area contributed by atoms with Gasteiger partial charge in [-0.05, 0) is 98.7 Å². The van der Waals surface area contributed by atoms with Gasteiger partial charge in [-0.15, -0.1) is 0 Å². The van der Waals surface area contributed by atoms with Crippen LogP contribution in [0.25, 0.3) is 0 Å². The summed E-state index contributed by atoms with van der Waals surface area (Å²) in [6.07, 6.45) is -7.23. The molecule has 312 valence electrons. The molecular weight excluding hydrogens is 789 g/mol. The van der Waals surface area contributed by atoms with E-state index in [0.29, 0.717) is 30.1 Å². The molecule has 20 heteroatoms. The van der Waals surface area contributed by atoms with E-state index in [2.05, 4.69) is 48.1 Å². The third-order valence-corrected chi connectivity index (χ3v) is 7.69. The van der Waals surface area contributed by atoms with Crippen molar-refractivity contribution in [2.45, 2.75) is 44.6 Å². The van der Waals surface area contributed by atoms with Crippen LogP contribution in [-0.2, 0) is 26.0 Å². The van der Waals surface area contributed by atoms with E-state index >= 15 is 0 Å². The summed E-state index contributed by atoms with van der Waals surface area (Å²) in [7, 11) is 3.16. The van der Waals surface area contributed by atoms with Crippen molar-refractivity contribution in [1.29, 1.82) is 0 Å². The minimum Gasteiger partial charge on any atom is -0.454 e. The summed E-state index contributed by atoms with van der Waals surface area (Å²) in [5.74, 6) is -1.64. The number of carbonyl (C=O) groups is 3. The fraction of sp³-hybridized carbons (Fsp3) is 0.351. The second-order valence-corrected chi connectivity index (χ2v) is 12.8. The molecule has 57 heavy (non-hydrogen) atoms. The SMILES string of the molecule is C=N/C(=N\C(=NC1(c2ccc(Cl)cc2)CC1)Nc1ccc(C(=O)NCC(C)(C)CN)c(F)c1)OCC(F)(F)F.CN.CNc1ccc(C(F)(F)F)cc1.O=CC=O. The summed E-state index contributed by atoms with van der Waals surface area (Å²) in [4.78, 5) is 42.1. The zero-order chi connectivity index (χ0) is 43.5. The number of guanidine groups is 1. The van der Waals surface area contributed by atoms with E-state index in [0.717, 1.165) is 23.8 Å². The van der Waals surface area contributed by atoms with Gasteiger partial charge in [-0.25, -0.2) is 14.4 Å². The monoisotopic (exact) mass is 832 g/mol. The maximum atomic E-state index is 14.9. The molecule has 0 spiro atoms. The number of nitrogens with one attached hydrogen (secondary N) is 3. The van der Waals surface area contributed by atoms with Crippen molar-refractivity contribution in [3.63, 3.8) is 0 Å². The Morgan fingerprint density at radius 3 is 1.95 bits per heavy atom. The molecule has 3 aromatic rings. The second-order valence-electron chi connectivity index (χ2n) is 12.4. The lowest BCUT2D eigenvalue weighted by atomic mass is 9.94. The largest absolute Gasteiger partial charge is 0.454 e. The molecule has 7 N–H and O–H groups in total. The van der Waals surface area contributed by atoms with Crippen LogP contribution in [0, 0.1) is 11.2 Å². The smallest absolute Gasteiger partial charge is 0.422 e. The van der Waals surface area contributed by atoms with Crippen LogP contribution in [0.1, 0.15) is 48.2 Å². The van der Waals surface area contributed by atoms with Crippen molar-refractivity contribution in [2.75, 3.05) is 44.4 Å². The summed E-state index contributed by atoms with van der Waals surface area (Å²) < 4.78 is 93.6. The van der Waals surface area contributed by atoms with Gasteiger partial charge >= 0.3 is 18.4 Å². The Hall–Kier alpha value is -5.40. The van der Waals surface area contributed by atoms with Crippen LogP contribution in [0.15, 0.2) is 81.7 Å². The molecule has 0 heterocycles. The topological polar surface area (TPSA) is 186 Å². The summed E-state index contributed by atoms with van der Waals surface area (Å²) in [6.45, 7) is 5.86. The van der Waals surface area contributed by atoms with Crippen LogP contribution in [0.5, 0.6) is 0 Å². The number of nitrogens with two attached hydrogens (primary N) is 2. The number of carbonyl (C=O) groups excluding carboxylic acids is 3. The van der Waals surface area contributed by atoms with Gasteiger partial charge in [0.15, 0.2) is 19.2 Å². The molecule has 12 nitrogen and oxygen atoms in total. The molecule has 1 aliphatic carbocycles. The van der Waals surface area contributed by atoms with Gasteiger partial charge in [0.05, 0.1) is 16.7 Å². The standard InChI is InChI=1S/C26H29ClF4N6O2.C8H8F3N.C2H2O2.CH5N/c1-24(2,13-32)14-34-21(38)19-9-8-18(12-20(19)28)35-22(36-23(33-3)39-15-26(29,30)31)37-25(10-11-25)16-4-6-17(27)7-5-16;1-12-7-4-2-6(3-5-7)8(9,10)11;3-1-2-4;1-2/h4-9,12H,3,10-11,13-15,32H2,1-2H3,(H,34,38)(H,35,37);2-5,12H,1H3;1-2H;2H2,1H3/b36-23+;;;. The number of alkyl halides is 6. The predicted octanol–water partition coefficient (Wildman–Crippen LogP) is 6.99. The fourth-order valence-electron chi connectivity index (χ4n) is 4.20. The number of benzene rings is 3. The van der Waals surface area contributed by atoms with Gasteiger partial charge in [0.25, 0.3) is 5.91 Å². The highest BCUT2D eigenvalue weighted by Gasteiger charge is 2.45. The number of halogens is 8.